The molecule has 3 heterocycles. The molecule has 3 aliphatic rings. The maximum atomic E-state index is 12.8. The molecule has 3 aliphatic heterocycles. The summed E-state index contributed by atoms with van der Waals surface area (Å²) in [6.07, 6.45) is -0.684. The van der Waals surface area contributed by atoms with Gasteiger partial charge in [0.1, 0.15) is 0 Å². The van der Waals surface area contributed by atoms with Gasteiger partial charge >= 0.3 is 0 Å². The van der Waals surface area contributed by atoms with Crippen molar-refractivity contribution >= 4 is 11.6 Å². The van der Waals surface area contributed by atoms with E-state index in [1.807, 2.05) is 43.0 Å². The van der Waals surface area contributed by atoms with Gasteiger partial charge in [0.05, 0.1) is 24.5 Å². The van der Waals surface area contributed by atoms with E-state index in [0.29, 0.717) is 37.7 Å². The fraction of sp³-hybridized carbons (Fsp3) is 0.381. The highest BCUT2D eigenvalue weighted by Crippen LogP contribution is 2.44. The molecule has 1 N–H and O–H groups in total. The zero-order valence-electron chi connectivity index (χ0n) is 15.5. The molecule has 0 radical (unpaired) electrons. The summed E-state index contributed by atoms with van der Waals surface area (Å²) in [7, 11) is 0. The van der Waals surface area contributed by atoms with Crippen LogP contribution in [0.1, 0.15) is 29.2 Å². The lowest BCUT2D eigenvalue weighted by molar-refractivity contribution is -0.153. The van der Waals surface area contributed by atoms with Crippen molar-refractivity contribution in [3.05, 3.63) is 58.7 Å². The van der Waals surface area contributed by atoms with E-state index in [9.17, 15) is 4.79 Å². The number of nitrogens with zero attached hydrogens (tertiary/aromatic N) is 1. The first-order valence-electron chi connectivity index (χ1n) is 9.25. The molecule has 5 rings (SSSR count). The molecule has 0 saturated carbocycles. The predicted octanol–water partition coefficient (Wildman–Crippen LogP) is 2.89. The topological polar surface area (TPSA) is 60.0 Å². The van der Waals surface area contributed by atoms with E-state index in [1.54, 1.807) is 0 Å². The molecule has 1 atom stereocenters. The Hall–Kier alpha value is -2.41. The first kappa shape index (κ1) is 16.7. The fourth-order valence-electron chi connectivity index (χ4n) is 4.13. The average molecular weight is 366 g/mol. The largest absolute Gasteiger partial charge is 0.463 e. The highest BCUT2D eigenvalue weighted by atomic mass is 16.7. The Balaban J connectivity index is 1.50. The molecule has 1 amide bonds. The van der Waals surface area contributed by atoms with Gasteiger partial charge in [0.25, 0.3) is 5.91 Å². The van der Waals surface area contributed by atoms with Crippen LogP contribution in [0, 0.1) is 6.92 Å². The van der Waals surface area contributed by atoms with E-state index in [1.165, 1.54) is 11.1 Å². The zero-order valence-corrected chi connectivity index (χ0v) is 15.5. The molecule has 6 heteroatoms. The van der Waals surface area contributed by atoms with Crippen molar-refractivity contribution in [2.24, 2.45) is 0 Å². The Morgan fingerprint density at radius 1 is 1.11 bits per heavy atom. The molecule has 0 spiro atoms. The quantitative estimate of drug-likeness (QED) is 0.886. The summed E-state index contributed by atoms with van der Waals surface area (Å²) in [4.78, 5) is 14.8. The Labute approximate surface area is 158 Å². The lowest BCUT2D eigenvalue weighted by Gasteiger charge is -2.35. The number of nitrogens with one attached hydrogen (secondary N) is 1. The maximum absolute atomic E-state index is 12.8. The predicted molar refractivity (Wildman–Crippen MR) is 99.2 cm³/mol. The van der Waals surface area contributed by atoms with Crippen LogP contribution in [0.4, 0.5) is 5.69 Å². The molecule has 0 aromatic heterocycles. The summed E-state index contributed by atoms with van der Waals surface area (Å²) >= 11 is 0. The second-order valence-corrected chi connectivity index (χ2v) is 7.46. The molecule has 6 nitrogen and oxygen atoms in total. The number of hydrogen-bond donors (Lipinski definition) is 1. The summed E-state index contributed by atoms with van der Waals surface area (Å²) < 4.78 is 18.0. The number of aryl methyl sites for hydroxylation is 1. The molecular formula is C21H22N2O4. The maximum Gasteiger partial charge on any atom is 0.281 e. The molecule has 1 fully saturated rings. The van der Waals surface area contributed by atoms with Gasteiger partial charge in [-0.25, -0.2) is 0 Å². The number of carbonyl (C=O) groups is 1. The van der Waals surface area contributed by atoms with Crippen LogP contribution in [0.25, 0.3) is 0 Å². The molecule has 140 valence electrons. The fourth-order valence-corrected chi connectivity index (χ4v) is 4.13. The third-order valence-electron chi connectivity index (χ3n) is 5.47. The minimum Gasteiger partial charge on any atom is -0.463 e. The highest BCUT2D eigenvalue weighted by Gasteiger charge is 2.42. The van der Waals surface area contributed by atoms with Gasteiger partial charge in [-0.3, -0.25) is 9.69 Å². The SMILES string of the molecule is Cc1cc2c(c(C3(C)OCCO3)c1)OC(N1Cc3ccccc3C1)C(=O)N2. The normalized spacial score (nSPS) is 23.5. The summed E-state index contributed by atoms with van der Waals surface area (Å²) in [5.41, 5.74) is 4.97. The van der Waals surface area contributed by atoms with Crippen LogP contribution in [-0.4, -0.2) is 30.2 Å². The molecule has 1 unspecified atom stereocenters. The van der Waals surface area contributed by atoms with E-state index in [-0.39, 0.29) is 5.91 Å². The van der Waals surface area contributed by atoms with Crippen LogP contribution in [-0.2, 0) is 33.1 Å². The number of anilines is 1. The Morgan fingerprint density at radius 3 is 2.44 bits per heavy atom. The van der Waals surface area contributed by atoms with Crippen molar-refractivity contribution in [2.75, 3.05) is 18.5 Å². The number of rotatable bonds is 2. The summed E-state index contributed by atoms with van der Waals surface area (Å²) in [6.45, 7) is 6.34. The van der Waals surface area contributed by atoms with Crippen molar-refractivity contribution < 1.29 is 19.0 Å². The molecule has 2 aromatic rings. The number of ether oxygens (including phenoxy) is 3. The van der Waals surface area contributed by atoms with Gasteiger partial charge < -0.3 is 19.5 Å². The number of carbonyl (C=O) groups excluding carboxylic acids is 1. The summed E-state index contributed by atoms with van der Waals surface area (Å²) in [5, 5.41) is 3.02. The van der Waals surface area contributed by atoms with Gasteiger partial charge in [-0.15, -0.1) is 0 Å². The molecule has 27 heavy (non-hydrogen) atoms. The second kappa shape index (κ2) is 6.05. The Bertz CT molecular complexity index is 895. The number of hydrogen-bond acceptors (Lipinski definition) is 5. The van der Waals surface area contributed by atoms with Crippen molar-refractivity contribution in [3.63, 3.8) is 0 Å². The van der Waals surface area contributed by atoms with Crippen molar-refractivity contribution in [1.82, 2.24) is 4.90 Å². The standard InChI is InChI=1S/C21H22N2O4/c1-13-9-16(21(2)25-7-8-26-21)18-17(10-13)22-19(24)20(27-18)23-11-14-5-3-4-6-15(14)12-23/h3-6,9-10,20H,7-8,11-12H2,1-2H3,(H,22,24). The monoisotopic (exact) mass is 366 g/mol. The summed E-state index contributed by atoms with van der Waals surface area (Å²) in [5.74, 6) is -0.382. The minimum atomic E-state index is -0.864. The molecule has 1 saturated heterocycles. The van der Waals surface area contributed by atoms with Crippen LogP contribution in [0.5, 0.6) is 5.75 Å². The van der Waals surface area contributed by atoms with E-state index < -0.39 is 12.0 Å². The van der Waals surface area contributed by atoms with Crippen molar-refractivity contribution in [3.8, 4) is 5.75 Å². The van der Waals surface area contributed by atoms with Gasteiger partial charge in [0.2, 0.25) is 6.23 Å². The second-order valence-electron chi connectivity index (χ2n) is 7.46. The number of benzene rings is 2. The van der Waals surface area contributed by atoms with E-state index in [0.717, 1.165) is 11.1 Å². The lowest BCUT2D eigenvalue weighted by Crippen LogP contribution is -2.48. The van der Waals surface area contributed by atoms with Crippen LogP contribution in [0.15, 0.2) is 36.4 Å². The zero-order chi connectivity index (χ0) is 18.6. The summed E-state index contributed by atoms with van der Waals surface area (Å²) in [6, 6.07) is 12.2. The van der Waals surface area contributed by atoms with E-state index in [2.05, 4.69) is 17.4 Å². The van der Waals surface area contributed by atoms with E-state index in [4.69, 9.17) is 14.2 Å². The average Bonchev–Trinajstić information content (AvgIpc) is 3.27. The van der Waals surface area contributed by atoms with Gasteiger partial charge in [-0.2, -0.15) is 0 Å². The van der Waals surface area contributed by atoms with Crippen LogP contribution >= 0.6 is 0 Å². The number of amides is 1. The molecule has 0 aliphatic carbocycles. The molecule has 0 bridgehead atoms. The lowest BCUT2D eigenvalue weighted by atomic mass is 10.0. The van der Waals surface area contributed by atoms with Gasteiger partial charge in [-0.1, -0.05) is 24.3 Å². The first-order valence-corrected chi connectivity index (χ1v) is 9.25. The van der Waals surface area contributed by atoms with Crippen molar-refractivity contribution in [1.29, 1.82) is 0 Å². The molecular weight excluding hydrogens is 344 g/mol. The van der Waals surface area contributed by atoms with Gasteiger partial charge in [0, 0.05) is 13.1 Å². The third kappa shape index (κ3) is 2.72. The van der Waals surface area contributed by atoms with Gasteiger partial charge in [0.15, 0.2) is 11.5 Å². The van der Waals surface area contributed by atoms with E-state index >= 15 is 0 Å². The van der Waals surface area contributed by atoms with Crippen LogP contribution < -0.4 is 10.1 Å². The van der Waals surface area contributed by atoms with Crippen LogP contribution in [0.3, 0.4) is 0 Å². The van der Waals surface area contributed by atoms with Crippen LogP contribution in [0.2, 0.25) is 0 Å². The third-order valence-corrected chi connectivity index (χ3v) is 5.47. The Morgan fingerprint density at radius 2 is 1.78 bits per heavy atom. The molecule has 2 aromatic carbocycles. The van der Waals surface area contributed by atoms with Crippen molar-refractivity contribution in [2.45, 2.75) is 39.0 Å². The smallest absolute Gasteiger partial charge is 0.281 e. The number of fused-ring (bicyclic) bond motifs is 2. The van der Waals surface area contributed by atoms with Gasteiger partial charge in [-0.05, 0) is 42.7 Å². The Kier molecular flexibility index (Phi) is 3.75. The highest BCUT2D eigenvalue weighted by molar-refractivity contribution is 5.98. The minimum absolute atomic E-state index is 0.148. The first-order chi connectivity index (χ1) is 13.0.